The van der Waals surface area contributed by atoms with Gasteiger partial charge in [0.25, 0.3) is 15.9 Å². The molecule has 0 radical (unpaired) electrons. The van der Waals surface area contributed by atoms with Gasteiger partial charge in [0.05, 0.1) is 18.1 Å². The number of hydrogen-bond donors (Lipinski definition) is 2. The average Bonchev–Trinajstić information content (AvgIpc) is 2.75. The summed E-state index contributed by atoms with van der Waals surface area (Å²) in [6.07, 6.45) is -0.694. The third-order valence-corrected chi connectivity index (χ3v) is 5.97. The minimum Gasteiger partial charge on any atom is -0.481 e. The van der Waals surface area contributed by atoms with E-state index in [2.05, 4.69) is 10.0 Å². The van der Waals surface area contributed by atoms with E-state index in [1.807, 2.05) is 0 Å². The van der Waals surface area contributed by atoms with E-state index >= 15 is 0 Å². The Morgan fingerprint density at radius 3 is 2.16 bits per heavy atom. The molecule has 1 heterocycles. The predicted octanol–water partition coefficient (Wildman–Crippen LogP) is 2.07. The molecule has 2 N–H and O–H groups in total. The third-order valence-electron chi connectivity index (χ3n) is 4.57. The van der Waals surface area contributed by atoms with Gasteiger partial charge in [-0.1, -0.05) is 0 Å². The van der Waals surface area contributed by atoms with Gasteiger partial charge < -0.3 is 19.7 Å². The first kappa shape index (κ1) is 22.6. The third kappa shape index (κ3) is 6.19. The normalized spacial score (nSPS) is 15.1. The fourth-order valence-corrected chi connectivity index (χ4v) is 4.09. The molecule has 0 bridgehead atoms. The molecule has 31 heavy (non-hydrogen) atoms. The molecule has 1 aliphatic rings. The number of hydrogen-bond acceptors (Lipinski definition) is 6. The van der Waals surface area contributed by atoms with Crippen molar-refractivity contribution in [3.63, 3.8) is 0 Å². The lowest BCUT2D eigenvalue weighted by atomic mass is 10.3. The molecule has 0 saturated carbocycles. The number of nitrogens with one attached hydrogen (secondary N) is 2. The second-order valence-corrected chi connectivity index (χ2v) is 8.72. The summed E-state index contributed by atoms with van der Waals surface area (Å²) in [5.74, 6) is 0.0497. The molecule has 0 aliphatic carbocycles. The Morgan fingerprint density at radius 1 is 1.00 bits per heavy atom. The van der Waals surface area contributed by atoms with Crippen molar-refractivity contribution in [2.75, 3.05) is 36.3 Å². The van der Waals surface area contributed by atoms with Crippen molar-refractivity contribution in [2.45, 2.75) is 24.8 Å². The SMILES string of the molecule is CC(=O)Nc1ccc(NS(=O)(=O)c2ccc(O[C@@H](C)C(=O)N3CCOCC3)cc2)cc1. The smallest absolute Gasteiger partial charge is 0.263 e. The Labute approximate surface area is 181 Å². The number of carbonyl (C=O) groups excluding carboxylic acids is 2. The molecule has 1 aliphatic heterocycles. The van der Waals surface area contributed by atoms with Gasteiger partial charge in [0.2, 0.25) is 5.91 Å². The van der Waals surface area contributed by atoms with E-state index in [9.17, 15) is 18.0 Å². The maximum Gasteiger partial charge on any atom is 0.263 e. The monoisotopic (exact) mass is 447 g/mol. The van der Waals surface area contributed by atoms with E-state index < -0.39 is 16.1 Å². The summed E-state index contributed by atoms with van der Waals surface area (Å²) in [5.41, 5.74) is 0.928. The number of morpholine rings is 1. The maximum absolute atomic E-state index is 12.6. The summed E-state index contributed by atoms with van der Waals surface area (Å²) >= 11 is 0. The van der Waals surface area contributed by atoms with Crippen LogP contribution in [0.4, 0.5) is 11.4 Å². The molecule has 166 valence electrons. The van der Waals surface area contributed by atoms with Crippen LogP contribution in [0.15, 0.2) is 53.4 Å². The average molecular weight is 448 g/mol. The van der Waals surface area contributed by atoms with Crippen LogP contribution in [0, 0.1) is 0 Å². The van der Waals surface area contributed by atoms with Crippen molar-refractivity contribution in [3.8, 4) is 5.75 Å². The molecule has 0 spiro atoms. The summed E-state index contributed by atoms with van der Waals surface area (Å²) in [6, 6.07) is 12.2. The van der Waals surface area contributed by atoms with Gasteiger partial charge in [-0.15, -0.1) is 0 Å². The minimum atomic E-state index is -3.81. The lowest BCUT2D eigenvalue weighted by Crippen LogP contribution is -2.46. The van der Waals surface area contributed by atoms with Crippen LogP contribution in [-0.2, 0) is 24.3 Å². The lowest BCUT2D eigenvalue weighted by Gasteiger charge is -2.29. The van der Waals surface area contributed by atoms with Crippen molar-refractivity contribution in [1.29, 1.82) is 0 Å². The molecule has 2 aromatic rings. The molecule has 9 nitrogen and oxygen atoms in total. The second kappa shape index (κ2) is 9.80. The second-order valence-electron chi connectivity index (χ2n) is 7.03. The van der Waals surface area contributed by atoms with Crippen LogP contribution in [0.1, 0.15) is 13.8 Å². The van der Waals surface area contributed by atoms with Crippen LogP contribution in [0.5, 0.6) is 5.75 Å². The van der Waals surface area contributed by atoms with Crippen LogP contribution in [0.3, 0.4) is 0 Å². The molecule has 1 saturated heterocycles. The first-order chi connectivity index (χ1) is 14.7. The van der Waals surface area contributed by atoms with E-state index in [-0.39, 0.29) is 16.7 Å². The Balaban J connectivity index is 1.61. The molecular formula is C21H25N3O6S. The van der Waals surface area contributed by atoms with E-state index in [1.54, 1.807) is 36.1 Å². The molecule has 3 rings (SSSR count). The van der Waals surface area contributed by atoms with Crippen LogP contribution in [0.2, 0.25) is 0 Å². The Kier molecular flexibility index (Phi) is 7.13. The largest absolute Gasteiger partial charge is 0.481 e. The number of ether oxygens (including phenoxy) is 2. The van der Waals surface area contributed by atoms with Gasteiger partial charge in [-0.2, -0.15) is 0 Å². The van der Waals surface area contributed by atoms with E-state index in [4.69, 9.17) is 9.47 Å². The van der Waals surface area contributed by atoms with Crippen molar-refractivity contribution in [2.24, 2.45) is 0 Å². The number of anilines is 2. The zero-order valence-electron chi connectivity index (χ0n) is 17.3. The van der Waals surface area contributed by atoms with Crippen LogP contribution >= 0.6 is 0 Å². The first-order valence-electron chi connectivity index (χ1n) is 9.78. The molecule has 0 aromatic heterocycles. The van der Waals surface area contributed by atoms with Crippen molar-refractivity contribution >= 4 is 33.2 Å². The first-order valence-corrected chi connectivity index (χ1v) is 11.3. The van der Waals surface area contributed by atoms with Crippen LogP contribution < -0.4 is 14.8 Å². The minimum absolute atomic E-state index is 0.0537. The van der Waals surface area contributed by atoms with Gasteiger partial charge in [-0.25, -0.2) is 8.42 Å². The fourth-order valence-electron chi connectivity index (χ4n) is 3.03. The predicted molar refractivity (Wildman–Crippen MR) is 115 cm³/mol. The van der Waals surface area contributed by atoms with Gasteiger partial charge in [0.15, 0.2) is 6.10 Å². The molecular weight excluding hydrogens is 422 g/mol. The Bertz CT molecular complexity index is 1020. The summed E-state index contributed by atoms with van der Waals surface area (Å²) < 4.78 is 38.6. The highest BCUT2D eigenvalue weighted by Gasteiger charge is 2.24. The molecule has 0 unspecified atom stereocenters. The van der Waals surface area contributed by atoms with Gasteiger partial charge >= 0.3 is 0 Å². The molecule has 10 heteroatoms. The van der Waals surface area contributed by atoms with Crippen molar-refractivity contribution in [1.82, 2.24) is 4.90 Å². The number of rotatable bonds is 7. The zero-order valence-corrected chi connectivity index (χ0v) is 18.1. The summed E-state index contributed by atoms with van der Waals surface area (Å²) in [4.78, 5) is 25.2. The number of sulfonamides is 1. The van der Waals surface area contributed by atoms with Gasteiger partial charge in [-0.05, 0) is 55.5 Å². The van der Waals surface area contributed by atoms with Crippen LogP contribution in [-0.4, -0.2) is 57.5 Å². The standard InChI is InChI=1S/C21H25N3O6S/c1-15(21(26)24-11-13-29-14-12-24)30-19-7-9-20(10-8-19)31(27,28)23-18-5-3-17(4-6-18)22-16(2)25/h3-10,15,23H,11-14H2,1-2H3,(H,22,25)/t15-/m0/s1. The number of carbonyl (C=O) groups is 2. The van der Waals surface area contributed by atoms with E-state index in [0.717, 1.165) is 0 Å². The highest BCUT2D eigenvalue weighted by Crippen LogP contribution is 2.21. The summed E-state index contributed by atoms with van der Waals surface area (Å²) in [6.45, 7) is 5.13. The zero-order chi connectivity index (χ0) is 22.4. The van der Waals surface area contributed by atoms with Crippen LogP contribution in [0.25, 0.3) is 0 Å². The quantitative estimate of drug-likeness (QED) is 0.672. The maximum atomic E-state index is 12.6. The highest BCUT2D eigenvalue weighted by atomic mass is 32.2. The number of benzene rings is 2. The Hall–Kier alpha value is -3.11. The molecule has 2 amide bonds. The van der Waals surface area contributed by atoms with Gasteiger partial charge in [0.1, 0.15) is 5.75 Å². The molecule has 2 aromatic carbocycles. The van der Waals surface area contributed by atoms with E-state index in [0.29, 0.717) is 43.4 Å². The van der Waals surface area contributed by atoms with Gasteiger partial charge in [-0.3, -0.25) is 14.3 Å². The Morgan fingerprint density at radius 2 is 1.58 bits per heavy atom. The van der Waals surface area contributed by atoms with E-state index in [1.165, 1.54) is 31.2 Å². The number of amides is 2. The van der Waals surface area contributed by atoms with Gasteiger partial charge in [0, 0.05) is 31.4 Å². The topological polar surface area (TPSA) is 114 Å². The lowest BCUT2D eigenvalue weighted by molar-refractivity contribution is -0.142. The molecule has 1 fully saturated rings. The number of nitrogens with zero attached hydrogens (tertiary/aromatic N) is 1. The molecule has 1 atom stereocenters. The fraction of sp³-hybridized carbons (Fsp3) is 0.333. The van der Waals surface area contributed by atoms with Crippen molar-refractivity contribution in [3.05, 3.63) is 48.5 Å². The summed E-state index contributed by atoms with van der Waals surface area (Å²) in [5, 5.41) is 2.61. The van der Waals surface area contributed by atoms with Crippen molar-refractivity contribution < 1.29 is 27.5 Å². The summed E-state index contributed by atoms with van der Waals surface area (Å²) in [7, 11) is -3.81. The highest BCUT2D eigenvalue weighted by molar-refractivity contribution is 7.92.